The number of hydrogen-bond donors (Lipinski definition) is 3. The molecule has 1 heterocycles. The average molecular weight is 659 g/mol. The molecule has 256 valence electrons. The number of benzene rings is 2. The van der Waals surface area contributed by atoms with Gasteiger partial charge in [0.05, 0.1) is 31.8 Å². The molecular weight excluding hydrogens is 616 g/mol. The van der Waals surface area contributed by atoms with Gasteiger partial charge in [-0.2, -0.15) is 0 Å². The molecular formula is C31H42N6O10. The van der Waals surface area contributed by atoms with Crippen LogP contribution in [0.4, 0.5) is 4.79 Å². The SMILES string of the molecule is CCCCC(=O)N(Cc1ccc(-c2ccccc2-c2nnn(C(=O)OCCOCCON(O)O)n2)cc1)[C@H](C(=O)OCCO)C(C)C. The molecule has 3 aromatic rings. The first-order valence-electron chi connectivity index (χ1n) is 15.3. The number of amides is 1. The fraction of sp³-hybridized carbons (Fsp3) is 0.484. The van der Waals surface area contributed by atoms with Crippen molar-refractivity contribution in [3.8, 4) is 22.5 Å². The lowest BCUT2D eigenvalue weighted by Crippen LogP contribution is -2.48. The summed E-state index contributed by atoms with van der Waals surface area (Å²) in [4.78, 5) is 45.2. The van der Waals surface area contributed by atoms with Crippen molar-refractivity contribution in [2.24, 2.45) is 5.92 Å². The van der Waals surface area contributed by atoms with E-state index in [2.05, 4.69) is 20.2 Å². The molecule has 0 aliphatic rings. The van der Waals surface area contributed by atoms with Gasteiger partial charge in [0, 0.05) is 18.5 Å². The summed E-state index contributed by atoms with van der Waals surface area (Å²) in [5, 5.41) is 37.6. The Morgan fingerprint density at radius 3 is 2.28 bits per heavy atom. The standard InChI is InChI=1S/C31H42N6O10/c1-4-5-10-27(39)35(28(22(2)3)30(40)45-16-15-38)21-23-11-13-24(14-12-23)25-8-6-7-9-26(25)29-32-34-36(33-29)31(41)46-19-17-44-18-20-47-37(42)43/h6-9,11-14,22,28,38,42-43H,4-5,10,15-21H2,1-3H3/t28-/m0/s1. The quantitative estimate of drug-likeness (QED) is 0.0964. The minimum atomic E-state index is -0.861. The Hall–Kier alpha value is -4.32. The Balaban J connectivity index is 1.73. The molecule has 1 aromatic heterocycles. The number of unbranched alkanes of at least 4 members (excludes halogenated alkanes) is 1. The monoisotopic (exact) mass is 658 g/mol. The van der Waals surface area contributed by atoms with Crippen LogP contribution >= 0.6 is 0 Å². The summed E-state index contributed by atoms with van der Waals surface area (Å²) in [6, 6.07) is 14.1. The van der Waals surface area contributed by atoms with E-state index in [-0.39, 0.29) is 63.8 Å². The number of hydrogen-bond acceptors (Lipinski definition) is 14. The zero-order valence-corrected chi connectivity index (χ0v) is 26.7. The third-order valence-corrected chi connectivity index (χ3v) is 6.86. The maximum Gasteiger partial charge on any atom is 0.453 e. The van der Waals surface area contributed by atoms with Gasteiger partial charge in [0.1, 0.15) is 19.3 Å². The van der Waals surface area contributed by atoms with E-state index in [4.69, 9.17) is 29.7 Å². The van der Waals surface area contributed by atoms with E-state index in [0.717, 1.165) is 27.9 Å². The van der Waals surface area contributed by atoms with E-state index in [0.29, 0.717) is 18.4 Å². The molecule has 0 spiro atoms. The van der Waals surface area contributed by atoms with Crippen molar-refractivity contribution in [2.75, 3.05) is 39.6 Å². The van der Waals surface area contributed by atoms with Crippen LogP contribution in [0.1, 0.15) is 45.6 Å². The third-order valence-electron chi connectivity index (χ3n) is 6.86. The summed E-state index contributed by atoms with van der Waals surface area (Å²) in [7, 11) is 0. The van der Waals surface area contributed by atoms with Crippen molar-refractivity contribution >= 4 is 18.0 Å². The van der Waals surface area contributed by atoms with Crippen LogP contribution < -0.4 is 0 Å². The van der Waals surface area contributed by atoms with Gasteiger partial charge >= 0.3 is 12.1 Å². The number of carbonyl (C=O) groups is 3. The topological polar surface area (TPSA) is 199 Å². The molecule has 1 amide bonds. The molecule has 0 saturated heterocycles. The highest BCUT2D eigenvalue weighted by Gasteiger charge is 2.33. The van der Waals surface area contributed by atoms with E-state index in [9.17, 15) is 14.4 Å². The van der Waals surface area contributed by atoms with Crippen molar-refractivity contribution in [3.05, 3.63) is 54.1 Å². The lowest BCUT2D eigenvalue weighted by Gasteiger charge is -2.33. The van der Waals surface area contributed by atoms with Gasteiger partial charge in [-0.3, -0.25) is 15.2 Å². The number of rotatable bonds is 19. The number of esters is 1. The zero-order valence-electron chi connectivity index (χ0n) is 26.7. The second kappa shape index (κ2) is 19.4. The smallest absolute Gasteiger partial charge is 0.453 e. The number of tetrazole rings is 1. The highest BCUT2D eigenvalue weighted by atomic mass is 17.1. The number of carbonyl (C=O) groups excluding carboxylic acids is 3. The van der Waals surface area contributed by atoms with Crippen molar-refractivity contribution in [1.82, 2.24) is 30.5 Å². The molecule has 1 atom stereocenters. The fourth-order valence-corrected chi connectivity index (χ4v) is 4.65. The Bertz CT molecular complexity index is 1420. The molecule has 0 fully saturated rings. The van der Waals surface area contributed by atoms with Crippen molar-refractivity contribution < 1.29 is 49.0 Å². The maximum atomic E-state index is 13.3. The van der Waals surface area contributed by atoms with Gasteiger partial charge in [-0.15, -0.1) is 10.2 Å². The van der Waals surface area contributed by atoms with Crippen LogP contribution in [0.15, 0.2) is 48.5 Å². The van der Waals surface area contributed by atoms with Crippen LogP contribution in [-0.4, -0.2) is 110 Å². The molecule has 3 N–H and O–H groups in total. The average Bonchev–Trinajstić information content (AvgIpc) is 3.56. The second-order valence-corrected chi connectivity index (χ2v) is 10.7. The lowest BCUT2D eigenvalue weighted by atomic mass is 9.97. The number of ether oxygens (including phenoxy) is 3. The molecule has 0 saturated carbocycles. The highest BCUT2D eigenvalue weighted by Crippen LogP contribution is 2.30. The van der Waals surface area contributed by atoms with Gasteiger partial charge in [-0.05, 0) is 34.2 Å². The van der Waals surface area contributed by atoms with Crippen LogP contribution in [-0.2, 0) is 35.2 Å². The Morgan fingerprint density at radius 1 is 0.915 bits per heavy atom. The summed E-state index contributed by atoms with van der Waals surface area (Å²) in [5.41, 5.74) is 3.02. The Labute approximate surface area is 272 Å². The third kappa shape index (κ3) is 11.5. The Morgan fingerprint density at radius 2 is 1.62 bits per heavy atom. The van der Waals surface area contributed by atoms with Crippen LogP contribution in [0.25, 0.3) is 22.5 Å². The van der Waals surface area contributed by atoms with Gasteiger partial charge in [0.25, 0.3) is 0 Å². The highest BCUT2D eigenvalue weighted by molar-refractivity contribution is 5.85. The Kier molecular flexibility index (Phi) is 15.3. The molecule has 0 aliphatic carbocycles. The van der Waals surface area contributed by atoms with E-state index < -0.39 is 23.5 Å². The molecule has 16 nitrogen and oxygen atoms in total. The van der Waals surface area contributed by atoms with Gasteiger partial charge in [-0.1, -0.05) is 80.5 Å². The number of aliphatic hydroxyl groups is 1. The van der Waals surface area contributed by atoms with Gasteiger partial charge in [0.15, 0.2) is 0 Å². The minimum absolute atomic E-state index is 0.0307. The predicted molar refractivity (Wildman–Crippen MR) is 164 cm³/mol. The van der Waals surface area contributed by atoms with Crippen LogP contribution in [0.5, 0.6) is 0 Å². The van der Waals surface area contributed by atoms with E-state index >= 15 is 0 Å². The minimum Gasteiger partial charge on any atom is -0.462 e. The zero-order chi connectivity index (χ0) is 34.2. The molecule has 2 aromatic carbocycles. The van der Waals surface area contributed by atoms with Crippen LogP contribution in [0.2, 0.25) is 0 Å². The largest absolute Gasteiger partial charge is 0.462 e. The van der Waals surface area contributed by atoms with Crippen molar-refractivity contribution in [1.29, 1.82) is 0 Å². The van der Waals surface area contributed by atoms with E-state index in [1.54, 1.807) is 11.0 Å². The number of aromatic nitrogens is 4. The van der Waals surface area contributed by atoms with Gasteiger partial charge < -0.3 is 24.2 Å². The molecule has 16 heteroatoms. The van der Waals surface area contributed by atoms with Gasteiger partial charge in [0.2, 0.25) is 11.7 Å². The van der Waals surface area contributed by atoms with Crippen molar-refractivity contribution in [3.63, 3.8) is 0 Å². The first kappa shape index (κ1) is 37.1. The predicted octanol–water partition coefficient (Wildman–Crippen LogP) is 3.10. The molecule has 47 heavy (non-hydrogen) atoms. The van der Waals surface area contributed by atoms with Crippen LogP contribution in [0, 0.1) is 5.92 Å². The van der Waals surface area contributed by atoms with Crippen molar-refractivity contribution in [2.45, 2.75) is 52.6 Å². The van der Waals surface area contributed by atoms with Gasteiger partial charge in [-0.25, -0.2) is 14.4 Å². The summed E-state index contributed by atoms with van der Waals surface area (Å²) in [6.45, 7) is 5.31. The van der Waals surface area contributed by atoms with E-state index in [1.807, 2.05) is 63.2 Å². The summed E-state index contributed by atoms with van der Waals surface area (Å²) in [5.74, 6) is -0.711. The normalized spacial score (nSPS) is 11.9. The summed E-state index contributed by atoms with van der Waals surface area (Å²) in [6.07, 6.45) is 0.973. The fourth-order valence-electron chi connectivity index (χ4n) is 4.65. The maximum absolute atomic E-state index is 13.3. The second-order valence-electron chi connectivity index (χ2n) is 10.7. The molecule has 3 rings (SSSR count). The first-order valence-corrected chi connectivity index (χ1v) is 15.3. The molecule has 0 aliphatic heterocycles. The number of nitrogens with zero attached hydrogens (tertiary/aromatic N) is 6. The molecule has 0 radical (unpaired) electrons. The number of aliphatic hydroxyl groups excluding tert-OH is 1. The summed E-state index contributed by atoms with van der Waals surface area (Å²) >= 11 is 0. The van der Waals surface area contributed by atoms with E-state index in [1.165, 1.54) is 0 Å². The lowest BCUT2D eigenvalue weighted by molar-refractivity contribution is -0.493. The molecule has 0 unspecified atom stereocenters. The van der Waals surface area contributed by atoms with Crippen LogP contribution in [0.3, 0.4) is 0 Å². The first-order chi connectivity index (χ1) is 22.7. The molecule has 0 bridgehead atoms. The summed E-state index contributed by atoms with van der Waals surface area (Å²) < 4.78 is 15.5.